The molecule has 0 radical (unpaired) electrons. The van der Waals surface area contributed by atoms with Crippen LogP contribution in [-0.2, 0) is 9.53 Å². The van der Waals surface area contributed by atoms with E-state index in [1.807, 2.05) is 13.8 Å². The number of carbonyl (C=O) groups is 1. The van der Waals surface area contributed by atoms with Crippen molar-refractivity contribution in [2.75, 3.05) is 39.8 Å². The fourth-order valence-electron chi connectivity index (χ4n) is 1.95. The molecule has 0 amide bonds. The number of nitrogens with zero attached hydrogens (tertiary/aromatic N) is 2. The number of piperazine rings is 1. The summed E-state index contributed by atoms with van der Waals surface area (Å²) in [7, 11) is 2.08. The van der Waals surface area contributed by atoms with Crippen LogP contribution in [0.1, 0.15) is 13.8 Å². The lowest BCUT2D eigenvalue weighted by Gasteiger charge is -2.38. The second-order valence-corrected chi connectivity index (χ2v) is 4.66. The minimum Gasteiger partial charge on any atom is -0.462 e. The molecule has 5 nitrogen and oxygen atoms in total. The Morgan fingerprint density at radius 2 is 2.19 bits per heavy atom. The van der Waals surface area contributed by atoms with Gasteiger partial charge in [0.15, 0.2) is 0 Å². The van der Waals surface area contributed by atoms with E-state index < -0.39 is 0 Å². The van der Waals surface area contributed by atoms with E-state index in [4.69, 9.17) is 10.5 Å². The first kappa shape index (κ1) is 13.4. The first-order valence-electron chi connectivity index (χ1n) is 5.85. The SMILES string of the molecule is CC(C)OC(=O)CN1CCN(C)CC1CN. The predicted molar refractivity (Wildman–Crippen MR) is 63.1 cm³/mol. The zero-order valence-corrected chi connectivity index (χ0v) is 10.5. The number of hydrogen-bond acceptors (Lipinski definition) is 5. The zero-order chi connectivity index (χ0) is 12.1. The van der Waals surface area contributed by atoms with Crippen molar-refractivity contribution in [3.63, 3.8) is 0 Å². The summed E-state index contributed by atoms with van der Waals surface area (Å²) in [5, 5.41) is 0. The van der Waals surface area contributed by atoms with Crippen LogP contribution < -0.4 is 5.73 Å². The van der Waals surface area contributed by atoms with Gasteiger partial charge in [-0.3, -0.25) is 9.69 Å². The lowest BCUT2D eigenvalue weighted by Crippen LogP contribution is -2.56. The van der Waals surface area contributed by atoms with Crippen molar-refractivity contribution in [3.05, 3.63) is 0 Å². The van der Waals surface area contributed by atoms with E-state index in [1.165, 1.54) is 0 Å². The van der Waals surface area contributed by atoms with Gasteiger partial charge in [-0.15, -0.1) is 0 Å². The molecule has 5 heteroatoms. The minimum absolute atomic E-state index is 0.0451. The highest BCUT2D eigenvalue weighted by Gasteiger charge is 2.26. The van der Waals surface area contributed by atoms with E-state index in [9.17, 15) is 4.79 Å². The molecule has 0 bridgehead atoms. The molecule has 1 aliphatic heterocycles. The van der Waals surface area contributed by atoms with E-state index in [2.05, 4.69) is 16.8 Å². The lowest BCUT2D eigenvalue weighted by atomic mass is 10.2. The number of rotatable bonds is 4. The summed E-state index contributed by atoms with van der Waals surface area (Å²) >= 11 is 0. The second kappa shape index (κ2) is 6.18. The maximum absolute atomic E-state index is 11.5. The minimum atomic E-state index is -0.155. The van der Waals surface area contributed by atoms with E-state index >= 15 is 0 Å². The number of hydrogen-bond donors (Lipinski definition) is 1. The van der Waals surface area contributed by atoms with E-state index in [0.29, 0.717) is 13.1 Å². The van der Waals surface area contributed by atoms with Gasteiger partial charge in [0.2, 0.25) is 0 Å². The average Bonchev–Trinajstić information content (AvgIpc) is 2.19. The zero-order valence-electron chi connectivity index (χ0n) is 10.5. The third kappa shape index (κ3) is 4.08. The maximum atomic E-state index is 11.5. The molecule has 1 fully saturated rings. The normalized spacial score (nSPS) is 23.7. The van der Waals surface area contributed by atoms with Crippen LogP contribution in [0.15, 0.2) is 0 Å². The maximum Gasteiger partial charge on any atom is 0.320 e. The van der Waals surface area contributed by atoms with Gasteiger partial charge in [-0.05, 0) is 20.9 Å². The van der Waals surface area contributed by atoms with Crippen LogP contribution >= 0.6 is 0 Å². The van der Waals surface area contributed by atoms with Gasteiger partial charge in [-0.2, -0.15) is 0 Å². The van der Waals surface area contributed by atoms with Crippen LogP contribution in [0.25, 0.3) is 0 Å². The molecule has 1 unspecified atom stereocenters. The molecule has 1 heterocycles. The molecular formula is C11H23N3O2. The third-order valence-corrected chi connectivity index (χ3v) is 2.78. The van der Waals surface area contributed by atoms with Crippen molar-refractivity contribution in [1.29, 1.82) is 0 Å². The second-order valence-electron chi connectivity index (χ2n) is 4.66. The van der Waals surface area contributed by atoms with E-state index in [-0.39, 0.29) is 18.1 Å². The number of esters is 1. The molecular weight excluding hydrogens is 206 g/mol. The monoisotopic (exact) mass is 229 g/mol. The summed E-state index contributed by atoms with van der Waals surface area (Å²) in [4.78, 5) is 15.9. The molecule has 1 saturated heterocycles. The first-order valence-corrected chi connectivity index (χ1v) is 5.85. The molecule has 0 saturated carbocycles. The Labute approximate surface area is 97.5 Å². The highest BCUT2D eigenvalue weighted by molar-refractivity contribution is 5.71. The van der Waals surface area contributed by atoms with Gasteiger partial charge in [-0.1, -0.05) is 0 Å². The van der Waals surface area contributed by atoms with Crippen molar-refractivity contribution in [2.24, 2.45) is 5.73 Å². The summed E-state index contributed by atoms with van der Waals surface area (Å²) < 4.78 is 5.14. The summed E-state index contributed by atoms with van der Waals surface area (Å²) in [6, 6.07) is 0.262. The van der Waals surface area contributed by atoms with Crippen LogP contribution in [-0.4, -0.2) is 67.7 Å². The lowest BCUT2D eigenvalue weighted by molar-refractivity contribution is -0.149. The Hall–Kier alpha value is -0.650. The Bertz CT molecular complexity index is 233. The number of carbonyl (C=O) groups excluding carboxylic acids is 1. The summed E-state index contributed by atoms with van der Waals surface area (Å²) in [6.07, 6.45) is -0.0451. The summed E-state index contributed by atoms with van der Waals surface area (Å²) in [5.74, 6) is -0.155. The molecule has 0 spiro atoms. The van der Waals surface area contributed by atoms with E-state index in [0.717, 1.165) is 19.6 Å². The van der Waals surface area contributed by atoms with Gasteiger partial charge in [-0.25, -0.2) is 0 Å². The highest BCUT2D eigenvalue weighted by atomic mass is 16.5. The number of likely N-dealkylation sites (N-methyl/N-ethyl adjacent to an activating group) is 1. The van der Waals surface area contributed by atoms with Gasteiger partial charge in [0, 0.05) is 32.2 Å². The Balaban J connectivity index is 2.42. The quantitative estimate of drug-likeness (QED) is 0.659. The first-order chi connectivity index (χ1) is 7.52. The molecule has 0 aromatic rings. The molecule has 0 aromatic heterocycles. The largest absolute Gasteiger partial charge is 0.462 e. The van der Waals surface area contributed by atoms with Crippen LogP contribution in [0, 0.1) is 0 Å². The van der Waals surface area contributed by atoms with Gasteiger partial charge in [0.05, 0.1) is 12.6 Å². The molecule has 16 heavy (non-hydrogen) atoms. The predicted octanol–water partition coefficient (Wildman–Crippen LogP) is -0.487. The Kier molecular flexibility index (Phi) is 5.18. The highest BCUT2D eigenvalue weighted by Crippen LogP contribution is 2.07. The van der Waals surface area contributed by atoms with Crippen molar-refractivity contribution in [3.8, 4) is 0 Å². The van der Waals surface area contributed by atoms with E-state index in [1.54, 1.807) is 0 Å². The summed E-state index contributed by atoms with van der Waals surface area (Å²) in [5.41, 5.74) is 5.71. The molecule has 2 N–H and O–H groups in total. The molecule has 0 aliphatic carbocycles. The van der Waals surface area contributed by atoms with Crippen molar-refractivity contribution < 1.29 is 9.53 Å². The van der Waals surface area contributed by atoms with Crippen molar-refractivity contribution in [1.82, 2.24) is 9.80 Å². The topological polar surface area (TPSA) is 58.8 Å². The smallest absolute Gasteiger partial charge is 0.320 e. The van der Waals surface area contributed by atoms with Gasteiger partial charge in [0.1, 0.15) is 0 Å². The molecule has 0 aromatic carbocycles. The summed E-state index contributed by atoms with van der Waals surface area (Å²) in [6.45, 7) is 7.44. The van der Waals surface area contributed by atoms with Gasteiger partial charge < -0.3 is 15.4 Å². The fraction of sp³-hybridized carbons (Fsp3) is 0.909. The van der Waals surface area contributed by atoms with Crippen molar-refractivity contribution >= 4 is 5.97 Å². The molecule has 94 valence electrons. The Morgan fingerprint density at radius 3 is 2.75 bits per heavy atom. The molecule has 1 aliphatic rings. The standard InChI is InChI=1S/C11H23N3O2/c1-9(2)16-11(15)8-14-5-4-13(3)7-10(14)6-12/h9-10H,4-8,12H2,1-3H3. The van der Waals surface area contributed by atoms with Crippen LogP contribution in [0.2, 0.25) is 0 Å². The van der Waals surface area contributed by atoms with Crippen molar-refractivity contribution in [2.45, 2.75) is 26.0 Å². The average molecular weight is 229 g/mol. The van der Waals surface area contributed by atoms with Crippen LogP contribution in [0.3, 0.4) is 0 Å². The number of nitrogens with two attached hydrogens (primary N) is 1. The van der Waals surface area contributed by atoms with Crippen LogP contribution in [0.5, 0.6) is 0 Å². The molecule has 1 rings (SSSR count). The Morgan fingerprint density at radius 1 is 1.50 bits per heavy atom. The van der Waals surface area contributed by atoms with Crippen LogP contribution in [0.4, 0.5) is 0 Å². The van der Waals surface area contributed by atoms with Gasteiger partial charge in [0.25, 0.3) is 0 Å². The molecule has 1 atom stereocenters. The van der Waals surface area contributed by atoms with Gasteiger partial charge >= 0.3 is 5.97 Å². The number of ether oxygens (including phenoxy) is 1. The third-order valence-electron chi connectivity index (χ3n) is 2.78. The fourth-order valence-corrected chi connectivity index (χ4v) is 1.95.